The summed E-state index contributed by atoms with van der Waals surface area (Å²) in [5, 5.41) is 5.25. The minimum atomic E-state index is 1.06. The molecule has 37 heavy (non-hydrogen) atoms. The number of rotatable bonds is 3. The first-order valence-electron chi connectivity index (χ1n) is 13.2. The van der Waals surface area contributed by atoms with Crippen molar-refractivity contribution in [2.75, 3.05) is 0 Å². The number of fused-ring (bicyclic) bond motifs is 3. The van der Waals surface area contributed by atoms with Crippen LogP contribution in [0, 0.1) is 6.92 Å². The summed E-state index contributed by atoms with van der Waals surface area (Å²) in [4.78, 5) is 0. The van der Waals surface area contributed by atoms with Gasteiger partial charge in [0.1, 0.15) is 0 Å². The van der Waals surface area contributed by atoms with E-state index in [1.165, 1.54) is 71.6 Å². The number of benzene rings is 6. The second-order valence-electron chi connectivity index (χ2n) is 10.1. The predicted molar refractivity (Wildman–Crippen MR) is 160 cm³/mol. The van der Waals surface area contributed by atoms with Crippen LogP contribution in [0.3, 0.4) is 0 Å². The number of hydrogen-bond acceptors (Lipinski definition) is 0. The normalized spacial score (nSPS) is 12.7. The zero-order valence-electron chi connectivity index (χ0n) is 21.0. The molecule has 0 saturated carbocycles. The molecule has 7 rings (SSSR count). The number of hydrogen-bond donors (Lipinski definition) is 0. The Balaban J connectivity index is 1.47. The van der Waals surface area contributed by atoms with Crippen LogP contribution in [0.5, 0.6) is 0 Å². The molecule has 0 N–H and O–H groups in total. The lowest BCUT2D eigenvalue weighted by molar-refractivity contribution is 0.991. The molecule has 0 bridgehead atoms. The summed E-state index contributed by atoms with van der Waals surface area (Å²) < 4.78 is 0. The van der Waals surface area contributed by atoms with Gasteiger partial charge in [-0.25, -0.2) is 0 Å². The van der Waals surface area contributed by atoms with Gasteiger partial charge in [0.05, 0.1) is 0 Å². The minimum Gasteiger partial charge on any atom is -0.0836 e. The SMILES string of the molecule is Cc1ccc2cc(-c3c4c(c(-c5ccc(-c6ccccc6)cc5)c5ccccc35)CCC=C4)ccc2c1. The highest BCUT2D eigenvalue weighted by molar-refractivity contribution is 6.10. The van der Waals surface area contributed by atoms with Gasteiger partial charge < -0.3 is 0 Å². The Morgan fingerprint density at radius 2 is 1.14 bits per heavy atom. The predicted octanol–water partition coefficient (Wildman–Crippen LogP) is 10.3. The lowest BCUT2D eigenvalue weighted by Gasteiger charge is -2.24. The molecule has 1 aliphatic rings. The van der Waals surface area contributed by atoms with Crippen LogP contribution in [0.4, 0.5) is 0 Å². The maximum Gasteiger partial charge on any atom is -0.00295 e. The molecule has 0 spiro atoms. The summed E-state index contributed by atoms with van der Waals surface area (Å²) in [6.07, 6.45) is 6.85. The van der Waals surface area contributed by atoms with E-state index in [1.807, 2.05) is 0 Å². The van der Waals surface area contributed by atoms with Crippen LogP contribution in [0.1, 0.15) is 23.1 Å². The highest BCUT2D eigenvalue weighted by atomic mass is 14.2. The van der Waals surface area contributed by atoms with Gasteiger partial charge in [-0.05, 0) is 91.9 Å². The van der Waals surface area contributed by atoms with Crippen molar-refractivity contribution in [3.63, 3.8) is 0 Å². The van der Waals surface area contributed by atoms with Gasteiger partial charge in [-0.3, -0.25) is 0 Å². The van der Waals surface area contributed by atoms with Crippen molar-refractivity contribution in [1.29, 1.82) is 0 Å². The molecule has 0 aromatic heterocycles. The second kappa shape index (κ2) is 8.91. The molecule has 176 valence electrons. The molecule has 0 aliphatic heterocycles. The largest absolute Gasteiger partial charge is 0.0836 e. The topological polar surface area (TPSA) is 0 Å². The van der Waals surface area contributed by atoms with Crippen molar-refractivity contribution < 1.29 is 0 Å². The molecule has 0 amide bonds. The van der Waals surface area contributed by atoms with Crippen LogP contribution in [-0.4, -0.2) is 0 Å². The minimum absolute atomic E-state index is 1.06. The van der Waals surface area contributed by atoms with Crippen LogP contribution in [-0.2, 0) is 6.42 Å². The zero-order valence-corrected chi connectivity index (χ0v) is 21.0. The smallest absolute Gasteiger partial charge is 0.00295 e. The summed E-state index contributed by atoms with van der Waals surface area (Å²) in [5.41, 5.74) is 12.0. The first-order valence-corrected chi connectivity index (χ1v) is 13.2. The number of aryl methyl sites for hydroxylation is 1. The maximum atomic E-state index is 2.37. The van der Waals surface area contributed by atoms with Crippen LogP contribution in [0.15, 0.2) is 121 Å². The summed E-state index contributed by atoms with van der Waals surface area (Å²) in [6, 6.07) is 42.4. The number of allylic oxidation sites excluding steroid dienone is 1. The van der Waals surface area contributed by atoms with Crippen molar-refractivity contribution in [2.24, 2.45) is 0 Å². The van der Waals surface area contributed by atoms with Crippen molar-refractivity contribution in [2.45, 2.75) is 19.8 Å². The first-order chi connectivity index (χ1) is 18.3. The van der Waals surface area contributed by atoms with E-state index in [-0.39, 0.29) is 0 Å². The Bertz CT molecular complexity index is 1800. The third-order valence-electron chi connectivity index (χ3n) is 7.77. The van der Waals surface area contributed by atoms with E-state index in [9.17, 15) is 0 Å². The third kappa shape index (κ3) is 3.77. The van der Waals surface area contributed by atoms with Gasteiger partial charge >= 0.3 is 0 Å². The molecule has 6 aromatic rings. The Labute approximate surface area is 218 Å². The van der Waals surface area contributed by atoms with Crippen molar-refractivity contribution in [3.8, 4) is 33.4 Å². The molecule has 0 nitrogen and oxygen atoms in total. The van der Waals surface area contributed by atoms with Gasteiger partial charge in [-0.2, -0.15) is 0 Å². The lowest BCUT2D eigenvalue weighted by atomic mass is 9.80. The van der Waals surface area contributed by atoms with Crippen LogP contribution < -0.4 is 0 Å². The molecule has 6 aromatic carbocycles. The molecular formula is C37H28. The lowest BCUT2D eigenvalue weighted by Crippen LogP contribution is -2.02. The van der Waals surface area contributed by atoms with Crippen LogP contribution in [0.2, 0.25) is 0 Å². The van der Waals surface area contributed by atoms with Gasteiger partial charge in [0.15, 0.2) is 0 Å². The van der Waals surface area contributed by atoms with Gasteiger partial charge in [-0.15, -0.1) is 0 Å². The Hall–Kier alpha value is -4.42. The van der Waals surface area contributed by atoms with Crippen LogP contribution >= 0.6 is 0 Å². The average Bonchev–Trinajstić information content (AvgIpc) is 2.96. The fraction of sp³-hybridized carbons (Fsp3) is 0.0811. The fourth-order valence-corrected chi connectivity index (χ4v) is 6.01. The fourth-order valence-electron chi connectivity index (χ4n) is 6.01. The van der Waals surface area contributed by atoms with E-state index < -0.39 is 0 Å². The molecule has 0 saturated heterocycles. The van der Waals surface area contributed by atoms with Gasteiger partial charge in [-0.1, -0.05) is 127 Å². The van der Waals surface area contributed by atoms with E-state index >= 15 is 0 Å². The van der Waals surface area contributed by atoms with Crippen molar-refractivity contribution >= 4 is 27.6 Å². The summed E-state index contributed by atoms with van der Waals surface area (Å²) in [7, 11) is 0. The third-order valence-corrected chi connectivity index (χ3v) is 7.77. The molecule has 0 fully saturated rings. The Morgan fingerprint density at radius 1 is 0.514 bits per heavy atom. The van der Waals surface area contributed by atoms with Gasteiger partial charge in [0.2, 0.25) is 0 Å². The van der Waals surface area contributed by atoms with Gasteiger partial charge in [0, 0.05) is 0 Å². The van der Waals surface area contributed by atoms with E-state index in [0.29, 0.717) is 0 Å². The van der Waals surface area contributed by atoms with E-state index in [2.05, 4.69) is 134 Å². The molecule has 1 aliphatic carbocycles. The first kappa shape index (κ1) is 21.8. The van der Waals surface area contributed by atoms with Crippen LogP contribution in [0.25, 0.3) is 61.0 Å². The van der Waals surface area contributed by atoms with Crippen molar-refractivity contribution in [1.82, 2.24) is 0 Å². The molecule has 0 atom stereocenters. The maximum absolute atomic E-state index is 2.37. The quantitative estimate of drug-likeness (QED) is 0.240. The van der Waals surface area contributed by atoms with E-state index in [1.54, 1.807) is 0 Å². The molecule has 0 heterocycles. The van der Waals surface area contributed by atoms with Gasteiger partial charge in [0.25, 0.3) is 0 Å². The zero-order chi connectivity index (χ0) is 24.8. The molecule has 0 heteroatoms. The highest BCUT2D eigenvalue weighted by Gasteiger charge is 2.21. The summed E-state index contributed by atoms with van der Waals surface area (Å²) >= 11 is 0. The Kier molecular flexibility index (Phi) is 5.26. The second-order valence-corrected chi connectivity index (χ2v) is 10.1. The van der Waals surface area contributed by atoms with E-state index in [4.69, 9.17) is 0 Å². The monoisotopic (exact) mass is 472 g/mol. The molecule has 0 unspecified atom stereocenters. The summed E-state index contributed by atoms with van der Waals surface area (Å²) in [6.45, 7) is 2.16. The summed E-state index contributed by atoms with van der Waals surface area (Å²) in [5.74, 6) is 0. The van der Waals surface area contributed by atoms with Crippen molar-refractivity contribution in [3.05, 3.63) is 138 Å². The Morgan fingerprint density at radius 3 is 1.95 bits per heavy atom. The highest BCUT2D eigenvalue weighted by Crippen LogP contribution is 2.45. The molecule has 0 radical (unpaired) electrons. The average molecular weight is 473 g/mol. The van der Waals surface area contributed by atoms with E-state index in [0.717, 1.165) is 12.8 Å². The molecular weight excluding hydrogens is 444 g/mol. The standard InChI is InChI=1S/C37H28/c1-25-15-16-30-24-31(22-21-29(30)23-25)37-34-13-7-5-11-32(34)36(33-12-6-8-14-35(33)37)28-19-17-27(18-20-28)26-9-3-2-4-10-26/h2-5,7-11,13-24H,6,12H2,1H3.